The third-order valence-electron chi connectivity index (χ3n) is 3.52. The van der Waals surface area contributed by atoms with Crippen LogP contribution in [0.4, 0.5) is 16.5 Å². The zero-order valence-electron chi connectivity index (χ0n) is 15.3. The van der Waals surface area contributed by atoms with Crippen molar-refractivity contribution in [3.63, 3.8) is 0 Å². The fourth-order valence-corrected chi connectivity index (χ4v) is 4.09. The van der Waals surface area contributed by atoms with Gasteiger partial charge in [0.25, 0.3) is 0 Å². The molecule has 28 heavy (non-hydrogen) atoms. The number of benzene rings is 1. The Bertz CT molecular complexity index is 925. The minimum Gasteiger partial charge on any atom is -0.467 e. The molecule has 1 aromatic carbocycles. The van der Waals surface area contributed by atoms with Gasteiger partial charge in [-0.1, -0.05) is 23.1 Å². The predicted octanol–water partition coefficient (Wildman–Crippen LogP) is 3.82. The zero-order chi connectivity index (χ0) is 19.9. The molecule has 2 heterocycles. The van der Waals surface area contributed by atoms with E-state index in [2.05, 4.69) is 26.1 Å². The van der Waals surface area contributed by atoms with Crippen molar-refractivity contribution in [2.75, 3.05) is 16.0 Å². The highest BCUT2D eigenvalue weighted by molar-refractivity contribution is 8.02. The first kappa shape index (κ1) is 19.9. The van der Waals surface area contributed by atoms with Crippen molar-refractivity contribution in [2.24, 2.45) is 0 Å². The average Bonchev–Trinajstić information content (AvgIpc) is 3.33. The van der Waals surface area contributed by atoms with Crippen molar-refractivity contribution in [1.82, 2.24) is 10.2 Å². The Labute approximate surface area is 170 Å². The minimum absolute atomic E-state index is 0.141. The van der Waals surface area contributed by atoms with Crippen molar-refractivity contribution in [3.8, 4) is 0 Å². The van der Waals surface area contributed by atoms with Crippen LogP contribution in [0.2, 0.25) is 0 Å². The summed E-state index contributed by atoms with van der Waals surface area (Å²) in [4.78, 5) is 23.4. The van der Waals surface area contributed by atoms with E-state index in [4.69, 9.17) is 4.42 Å². The molecule has 2 aromatic heterocycles. The van der Waals surface area contributed by atoms with Gasteiger partial charge in [-0.2, -0.15) is 0 Å². The molecule has 146 valence electrons. The smallest absolute Gasteiger partial charge is 0.237 e. The number of aromatic nitrogens is 2. The second kappa shape index (κ2) is 9.38. The molecule has 0 aliphatic rings. The van der Waals surface area contributed by atoms with E-state index in [-0.39, 0.29) is 17.1 Å². The van der Waals surface area contributed by atoms with Gasteiger partial charge < -0.3 is 20.4 Å². The summed E-state index contributed by atoms with van der Waals surface area (Å²) in [5.74, 6) is 0.524. The van der Waals surface area contributed by atoms with Crippen molar-refractivity contribution in [3.05, 3.63) is 48.4 Å². The largest absolute Gasteiger partial charge is 0.467 e. The molecule has 3 rings (SSSR count). The molecule has 1 atom stereocenters. The van der Waals surface area contributed by atoms with Crippen molar-refractivity contribution in [1.29, 1.82) is 0 Å². The normalized spacial score (nSPS) is 11.6. The zero-order valence-corrected chi connectivity index (χ0v) is 16.9. The predicted molar refractivity (Wildman–Crippen MR) is 111 cm³/mol. The van der Waals surface area contributed by atoms with E-state index in [1.807, 2.05) is 19.1 Å². The number of amides is 2. The van der Waals surface area contributed by atoms with Crippen LogP contribution in [0.15, 0.2) is 51.4 Å². The lowest BCUT2D eigenvalue weighted by Crippen LogP contribution is -2.22. The van der Waals surface area contributed by atoms with Gasteiger partial charge in [0, 0.05) is 18.3 Å². The van der Waals surface area contributed by atoms with Crippen molar-refractivity contribution >= 4 is 51.4 Å². The van der Waals surface area contributed by atoms with E-state index in [1.165, 1.54) is 30.0 Å². The first-order chi connectivity index (χ1) is 13.5. The summed E-state index contributed by atoms with van der Waals surface area (Å²) < 4.78 is 5.96. The van der Waals surface area contributed by atoms with E-state index in [0.717, 1.165) is 5.76 Å². The molecule has 0 unspecified atom stereocenters. The standard InChI is InChI=1S/C18H19N5O3S2/c1-11(16(25)21-14-7-5-13(6-8-14)20-12(2)24)27-18-23-22-17(28-18)19-10-15-4-3-9-26-15/h3-9,11H,10H2,1-2H3,(H,19,22)(H,20,24)(H,21,25)/t11-/m0/s1. The van der Waals surface area contributed by atoms with E-state index >= 15 is 0 Å². The molecule has 0 saturated carbocycles. The summed E-state index contributed by atoms with van der Waals surface area (Å²) in [7, 11) is 0. The Balaban J connectivity index is 1.49. The summed E-state index contributed by atoms with van der Waals surface area (Å²) in [5.41, 5.74) is 1.33. The quantitative estimate of drug-likeness (QED) is 0.478. The van der Waals surface area contributed by atoms with E-state index in [0.29, 0.717) is 27.4 Å². The number of nitrogens with one attached hydrogen (secondary N) is 3. The number of hydrogen-bond acceptors (Lipinski definition) is 8. The fourth-order valence-electron chi connectivity index (χ4n) is 2.19. The molecule has 0 aliphatic heterocycles. The Hall–Kier alpha value is -2.85. The number of rotatable bonds is 8. The summed E-state index contributed by atoms with van der Waals surface area (Å²) in [6.07, 6.45) is 1.62. The Morgan fingerprint density at radius 2 is 1.86 bits per heavy atom. The van der Waals surface area contributed by atoms with Crippen molar-refractivity contribution in [2.45, 2.75) is 30.0 Å². The number of thioether (sulfide) groups is 1. The third kappa shape index (κ3) is 5.83. The summed E-state index contributed by atoms with van der Waals surface area (Å²) in [5, 5.41) is 17.2. The van der Waals surface area contributed by atoms with Crippen LogP contribution in [0, 0.1) is 0 Å². The maximum Gasteiger partial charge on any atom is 0.237 e. The Morgan fingerprint density at radius 1 is 1.14 bits per heavy atom. The van der Waals surface area contributed by atoms with Crippen LogP contribution >= 0.6 is 23.1 Å². The van der Waals surface area contributed by atoms with Gasteiger partial charge in [-0.15, -0.1) is 10.2 Å². The highest BCUT2D eigenvalue weighted by atomic mass is 32.2. The lowest BCUT2D eigenvalue weighted by Gasteiger charge is -2.11. The molecule has 0 bridgehead atoms. The van der Waals surface area contributed by atoms with Gasteiger partial charge in [0.1, 0.15) is 5.76 Å². The van der Waals surface area contributed by atoms with Crippen LogP contribution in [0.3, 0.4) is 0 Å². The molecule has 2 amide bonds. The highest BCUT2D eigenvalue weighted by Gasteiger charge is 2.17. The average molecular weight is 418 g/mol. The fraction of sp³-hybridized carbons (Fsp3) is 0.222. The molecular weight excluding hydrogens is 398 g/mol. The molecule has 0 fully saturated rings. The van der Waals surface area contributed by atoms with Gasteiger partial charge >= 0.3 is 0 Å². The lowest BCUT2D eigenvalue weighted by atomic mass is 10.2. The number of nitrogens with zero attached hydrogens (tertiary/aromatic N) is 2. The van der Waals surface area contributed by atoms with Gasteiger partial charge in [0.15, 0.2) is 4.34 Å². The molecule has 0 spiro atoms. The summed E-state index contributed by atoms with van der Waals surface area (Å²) in [6, 6.07) is 10.6. The first-order valence-corrected chi connectivity index (χ1v) is 10.1. The van der Waals surface area contributed by atoms with Gasteiger partial charge in [0.05, 0.1) is 18.1 Å². The van der Waals surface area contributed by atoms with Gasteiger partial charge in [0.2, 0.25) is 16.9 Å². The maximum atomic E-state index is 12.4. The molecule has 0 radical (unpaired) electrons. The van der Waals surface area contributed by atoms with Crippen LogP contribution in [-0.4, -0.2) is 27.3 Å². The molecule has 3 aromatic rings. The van der Waals surface area contributed by atoms with E-state index in [9.17, 15) is 9.59 Å². The lowest BCUT2D eigenvalue weighted by molar-refractivity contribution is -0.115. The van der Waals surface area contributed by atoms with Crippen LogP contribution in [0.25, 0.3) is 0 Å². The molecule has 0 aliphatic carbocycles. The SMILES string of the molecule is CC(=O)Nc1ccc(NC(=O)[C@H](C)Sc2nnc(NCc3ccco3)s2)cc1. The van der Waals surface area contributed by atoms with E-state index < -0.39 is 0 Å². The first-order valence-electron chi connectivity index (χ1n) is 8.44. The number of carbonyl (C=O) groups is 2. The highest BCUT2D eigenvalue weighted by Crippen LogP contribution is 2.29. The van der Waals surface area contributed by atoms with Gasteiger partial charge in [-0.3, -0.25) is 9.59 Å². The monoisotopic (exact) mass is 417 g/mol. The number of hydrogen-bond donors (Lipinski definition) is 3. The number of anilines is 3. The topological polar surface area (TPSA) is 109 Å². The second-order valence-corrected chi connectivity index (χ2v) is 8.38. The molecule has 8 nitrogen and oxygen atoms in total. The maximum absolute atomic E-state index is 12.4. The molecule has 10 heteroatoms. The molecule has 0 saturated heterocycles. The number of furan rings is 1. The van der Waals surface area contributed by atoms with E-state index in [1.54, 1.807) is 30.5 Å². The number of carbonyl (C=O) groups excluding carboxylic acids is 2. The van der Waals surface area contributed by atoms with Crippen LogP contribution < -0.4 is 16.0 Å². The van der Waals surface area contributed by atoms with Crippen LogP contribution in [0.1, 0.15) is 19.6 Å². The minimum atomic E-state index is -0.346. The van der Waals surface area contributed by atoms with Crippen LogP contribution in [-0.2, 0) is 16.1 Å². The van der Waals surface area contributed by atoms with Crippen LogP contribution in [0.5, 0.6) is 0 Å². The molecular formula is C18H19N5O3S2. The van der Waals surface area contributed by atoms with Crippen molar-refractivity contribution < 1.29 is 14.0 Å². The summed E-state index contributed by atoms with van der Waals surface area (Å²) >= 11 is 2.72. The van der Waals surface area contributed by atoms with Gasteiger partial charge in [-0.25, -0.2) is 0 Å². The summed E-state index contributed by atoms with van der Waals surface area (Å²) in [6.45, 7) is 3.78. The Kier molecular flexibility index (Phi) is 6.66. The Morgan fingerprint density at radius 3 is 2.50 bits per heavy atom. The third-order valence-corrected chi connectivity index (χ3v) is 5.59. The molecule has 3 N–H and O–H groups in total. The second-order valence-electron chi connectivity index (χ2n) is 5.81. The van der Waals surface area contributed by atoms with Gasteiger partial charge in [-0.05, 0) is 43.3 Å².